The average molecular weight is 312 g/mol. The molecular weight excluding hydrogens is 296 g/mol. The second-order valence-electron chi connectivity index (χ2n) is 5.72. The molecule has 0 atom stereocenters. The summed E-state index contributed by atoms with van der Waals surface area (Å²) in [5, 5.41) is 23.3. The third-order valence-corrected chi connectivity index (χ3v) is 4.29. The number of hydrogen-bond acceptors (Lipinski definition) is 2. The quantitative estimate of drug-likeness (QED) is 0.474. The van der Waals surface area contributed by atoms with Crippen molar-refractivity contribution in [2.75, 3.05) is 0 Å². The van der Waals surface area contributed by atoms with Gasteiger partial charge in [0.05, 0.1) is 0 Å². The van der Waals surface area contributed by atoms with Gasteiger partial charge in [0, 0.05) is 11.1 Å². The van der Waals surface area contributed by atoms with Gasteiger partial charge in [-0.2, -0.15) is 0 Å². The summed E-state index contributed by atoms with van der Waals surface area (Å²) in [4.78, 5) is 0. The SMILES string of the molecule is Oc1c(O)c(-c2ccccc2)c2ccccc2c1-c1ccccc1. The molecule has 0 unspecified atom stereocenters. The minimum Gasteiger partial charge on any atom is -0.504 e. The second kappa shape index (κ2) is 5.74. The molecule has 0 aromatic heterocycles. The Bertz CT molecular complexity index is 922. The molecule has 4 aromatic carbocycles. The number of fused-ring (bicyclic) bond motifs is 1. The topological polar surface area (TPSA) is 40.5 Å². The van der Waals surface area contributed by atoms with Crippen molar-refractivity contribution in [2.45, 2.75) is 0 Å². The number of benzene rings is 4. The number of phenols is 2. The van der Waals surface area contributed by atoms with Crippen LogP contribution in [-0.2, 0) is 0 Å². The Labute approximate surface area is 140 Å². The van der Waals surface area contributed by atoms with Crippen LogP contribution >= 0.6 is 0 Å². The summed E-state index contributed by atoms with van der Waals surface area (Å²) < 4.78 is 0. The van der Waals surface area contributed by atoms with Crippen molar-refractivity contribution in [2.24, 2.45) is 0 Å². The number of hydrogen-bond donors (Lipinski definition) is 2. The molecule has 4 rings (SSSR count). The standard InChI is InChI=1S/C22H16O2/c23-21-19(15-9-3-1-4-10-15)17-13-7-8-14-18(17)20(22(21)24)16-11-5-2-6-12-16/h1-14,23-24H. The summed E-state index contributed by atoms with van der Waals surface area (Å²) in [5.74, 6) is -0.169. The van der Waals surface area contributed by atoms with Crippen molar-refractivity contribution in [3.8, 4) is 33.8 Å². The monoisotopic (exact) mass is 312 g/mol. The van der Waals surface area contributed by atoms with Gasteiger partial charge in [-0.05, 0) is 21.9 Å². The van der Waals surface area contributed by atoms with Crippen LogP contribution < -0.4 is 0 Å². The first-order valence-corrected chi connectivity index (χ1v) is 7.85. The van der Waals surface area contributed by atoms with Crippen molar-refractivity contribution in [1.82, 2.24) is 0 Å². The van der Waals surface area contributed by atoms with Crippen LogP contribution in [0.1, 0.15) is 0 Å². The maximum atomic E-state index is 10.7. The van der Waals surface area contributed by atoms with E-state index in [4.69, 9.17) is 0 Å². The van der Waals surface area contributed by atoms with Crippen LogP contribution in [0.15, 0.2) is 84.9 Å². The van der Waals surface area contributed by atoms with Gasteiger partial charge < -0.3 is 10.2 Å². The third kappa shape index (κ3) is 2.20. The highest BCUT2D eigenvalue weighted by Gasteiger charge is 2.20. The van der Waals surface area contributed by atoms with Gasteiger partial charge in [0.15, 0.2) is 11.5 Å². The summed E-state index contributed by atoms with van der Waals surface area (Å²) >= 11 is 0. The molecule has 0 saturated heterocycles. The molecule has 2 nitrogen and oxygen atoms in total. The van der Waals surface area contributed by atoms with Crippen LogP contribution in [0.3, 0.4) is 0 Å². The molecule has 116 valence electrons. The van der Waals surface area contributed by atoms with Crippen LogP contribution in [0.25, 0.3) is 33.0 Å². The molecule has 0 spiro atoms. The summed E-state index contributed by atoms with van der Waals surface area (Å²) in [6.45, 7) is 0. The van der Waals surface area contributed by atoms with Gasteiger partial charge in [0.2, 0.25) is 0 Å². The van der Waals surface area contributed by atoms with Gasteiger partial charge in [-0.25, -0.2) is 0 Å². The highest BCUT2D eigenvalue weighted by Crippen LogP contribution is 2.49. The van der Waals surface area contributed by atoms with E-state index in [0.29, 0.717) is 11.1 Å². The molecule has 0 saturated carbocycles. The van der Waals surface area contributed by atoms with Crippen LogP contribution in [0.2, 0.25) is 0 Å². The Morgan fingerprint density at radius 3 is 1.12 bits per heavy atom. The summed E-state index contributed by atoms with van der Waals surface area (Å²) in [5.41, 5.74) is 3.06. The normalized spacial score (nSPS) is 10.8. The predicted molar refractivity (Wildman–Crippen MR) is 98.1 cm³/mol. The van der Waals surface area contributed by atoms with Crippen LogP contribution in [0.4, 0.5) is 0 Å². The van der Waals surface area contributed by atoms with Gasteiger partial charge in [-0.15, -0.1) is 0 Å². The van der Waals surface area contributed by atoms with Gasteiger partial charge >= 0.3 is 0 Å². The highest BCUT2D eigenvalue weighted by atomic mass is 16.3. The molecule has 0 aliphatic carbocycles. The highest BCUT2D eigenvalue weighted by molar-refractivity contribution is 6.10. The van der Waals surface area contributed by atoms with Crippen molar-refractivity contribution < 1.29 is 10.2 Å². The Kier molecular flexibility index (Phi) is 3.43. The van der Waals surface area contributed by atoms with E-state index in [1.54, 1.807) is 0 Å². The number of aromatic hydroxyl groups is 2. The van der Waals surface area contributed by atoms with E-state index in [1.165, 1.54) is 0 Å². The molecule has 4 aromatic rings. The maximum absolute atomic E-state index is 10.7. The van der Waals surface area contributed by atoms with Crippen molar-refractivity contribution in [1.29, 1.82) is 0 Å². The molecule has 0 fully saturated rings. The zero-order valence-corrected chi connectivity index (χ0v) is 13.0. The van der Waals surface area contributed by atoms with Crippen LogP contribution in [0.5, 0.6) is 11.5 Å². The Balaban J connectivity index is 2.14. The van der Waals surface area contributed by atoms with E-state index in [0.717, 1.165) is 21.9 Å². The largest absolute Gasteiger partial charge is 0.504 e. The third-order valence-electron chi connectivity index (χ3n) is 4.29. The molecular formula is C22H16O2. The first-order chi connectivity index (χ1) is 11.8. The van der Waals surface area contributed by atoms with E-state index in [9.17, 15) is 10.2 Å². The molecule has 2 heteroatoms. The zero-order chi connectivity index (χ0) is 16.5. The van der Waals surface area contributed by atoms with E-state index in [2.05, 4.69) is 0 Å². The van der Waals surface area contributed by atoms with Crippen molar-refractivity contribution >= 4 is 10.8 Å². The molecule has 2 N–H and O–H groups in total. The number of phenolic OH excluding ortho intramolecular Hbond substituents is 2. The molecule has 0 aliphatic heterocycles. The summed E-state index contributed by atoms with van der Waals surface area (Å²) in [6.07, 6.45) is 0. The fourth-order valence-electron chi connectivity index (χ4n) is 3.21. The zero-order valence-electron chi connectivity index (χ0n) is 13.0. The van der Waals surface area contributed by atoms with E-state index in [-0.39, 0.29) is 11.5 Å². The fraction of sp³-hybridized carbons (Fsp3) is 0. The van der Waals surface area contributed by atoms with Crippen LogP contribution in [0, 0.1) is 0 Å². The molecule has 0 heterocycles. The second-order valence-corrected chi connectivity index (χ2v) is 5.72. The summed E-state index contributed by atoms with van der Waals surface area (Å²) in [7, 11) is 0. The van der Waals surface area contributed by atoms with Crippen LogP contribution in [-0.4, -0.2) is 10.2 Å². The molecule has 0 radical (unpaired) electrons. The lowest BCUT2D eigenvalue weighted by Gasteiger charge is -2.16. The maximum Gasteiger partial charge on any atom is 0.166 e. The van der Waals surface area contributed by atoms with E-state index >= 15 is 0 Å². The van der Waals surface area contributed by atoms with Crippen molar-refractivity contribution in [3.05, 3.63) is 84.9 Å². The summed E-state index contributed by atoms with van der Waals surface area (Å²) in [6, 6.07) is 27.1. The van der Waals surface area contributed by atoms with Crippen molar-refractivity contribution in [3.63, 3.8) is 0 Å². The minimum atomic E-state index is -0.0845. The van der Waals surface area contributed by atoms with Gasteiger partial charge in [0.1, 0.15) is 0 Å². The predicted octanol–water partition coefficient (Wildman–Crippen LogP) is 5.59. The van der Waals surface area contributed by atoms with Gasteiger partial charge in [0.25, 0.3) is 0 Å². The first kappa shape index (κ1) is 14.3. The minimum absolute atomic E-state index is 0.0845. The molecule has 0 bridgehead atoms. The van der Waals surface area contributed by atoms with E-state index < -0.39 is 0 Å². The average Bonchev–Trinajstić information content (AvgIpc) is 2.64. The molecule has 0 amide bonds. The smallest absolute Gasteiger partial charge is 0.166 e. The first-order valence-electron chi connectivity index (χ1n) is 7.85. The molecule has 0 aliphatic rings. The van der Waals surface area contributed by atoms with Gasteiger partial charge in [-0.1, -0.05) is 84.9 Å². The lowest BCUT2D eigenvalue weighted by atomic mass is 9.90. The Morgan fingerprint density at radius 1 is 0.417 bits per heavy atom. The van der Waals surface area contributed by atoms with Gasteiger partial charge in [-0.3, -0.25) is 0 Å². The molecule has 24 heavy (non-hydrogen) atoms. The number of rotatable bonds is 2. The fourth-order valence-corrected chi connectivity index (χ4v) is 3.21. The lowest BCUT2D eigenvalue weighted by molar-refractivity contribution is 0.407. The van der Waals surface area contributed by atoms with E-state index in [1.807, 2.05) is 84.9 Å². The Morgan fingerprint density at radius 2 is 0.750 bits per heavy atom. The lowest BCUT2D eigenvalue weighted by Crippen LogP contribution is -1.89. The Hall–Kier alpha value is -3.26.